The standard InChI is InChI=1S/C18H30N2O2/c21-17-13-5-1-9-15(17,10-2-6-13)19-18(22)14-7-3-11-16(18,20-17)12-4-8-14/h13-14,19-22H,1-12H2. The first-order valence-corrected chi connectivity index (χ1v) is 9.57. The fraction of sp³-hybridized carbons (Fsp3) is 1.00. The maximum Gasteiger partial charge on any atom is 0.137 e. The largest absolute Gasteiger partial charge is 0.374 e. The summed E-state index contributed by atoms with van der Waals surface area (Å²) >= 11 is 0. The van der Waals surface area contributed by atoms with Crippen LogP contribution in [0.1, 0.15) is 77.0 Å². The normalized spacial score (nSPS) is 60.3. The molecule has 5 aliphatic rings. The molecule has 1 saturated heterocycles. The molecule has 1 aliphatic heterocycles. The molecule has 0 radical (unpaired) electrons. The number of aliphatic hydroxyl groups is 2. The Kier molecular flexibility index (Phi) is 2.76. The van der Waals surface area contributed by atoms with Gasteiger partial charge in [0.05, 0.1) is 11.1 Å². The van der Waals surface area contributed by atoms with Crippen molar-refractivity contribution in [2.45, 2.75) is 99.6 Å². The number of hydrogen-bond donors (Lipinski definition) is 4. The molecule has 4 saturated carbocycles. The minimum absolute atomic E-state index is 0.306. The van der Waals surface area contributed by atoms with E-state index in [0.29, 0.717) is 11.8 Å². The molecule has 5 fully saturated rings. The van der Waals surface area contributed by atoms with E-state index in [1.54, 1.807) is 0 Å². The van der Waals surface area contributed by atoms with Gasteiger partial charge in [-0.2, -0.15) is 0 Å². The number of nitrogens with one attached hydrogen (secondary N) is 2. The van der Waals surface area contributed by atoms with Crippen LogP contribution in [0.5, 0.6) is 0 Å². The molecule has 4 heteroatoms. The number of piperazine rings is 1. The van der Waals surface area contributed by atoms with E-state index in [1.165, 1.54) is 25.7 Å². The van der Waals surface area contributed by atoms with Crippen LogP contribution < -0.4 is 10.6 Å². The molecule has 0 aromatic heterocycles. The molecule has 4 N–H and O–H groups in total. The molecule has 5 rings (SSSR count). The Balaban J connectivity index is 1.64. The van der Waals surface area contributed by atoms with Gasteiger partial charge in [-0.3, -0.25) is 10.6 Å². The van der Waals surface area contributed by atoms with Gasteiger partial charge in [-0.15, -0.1) is 0 Å². The molecule has 2 unspecified atom stereocenters. The van der Waals surface area contributed by atoms with Gasteiger partial charge in [-0.1, -0.05) is 25.7 Å². The van der Waals surface area contributed by atoms with Gasteiger partial charge in [0, 0.05) is 11.8 Å². The van der Waals surface area contributed by atoms with E-state index < -0.39 is 11.4 Å². The van der Waals surface area contributed by atoms with Crippen LogP contribution in [0.2, 0.25) is 0 Å². The van der Waals surface area contributed by atoms with Crippen LogP contribution >= 0.6 is 0 Å². The highest BCUT2D eigenvalue weighted by Gasteiger charge is 2.72. The van der Waals surface area contributed by atoms with Crippen LogP contribution in [0, 0.1) is 11.8 Å². The van der Waals surface area contributed by atoms with E-state index in [4.69, 9.17) is 0 Å². The number of rotatable bonds is 0. The summed E-state index contributed by atoms with van der Waals surface area (Å²) in [6, 6.07) is 0. The van der Waals surface area contributed by atoms with Crippen molar-refractivity contribution in [2.24, 2.45) is 11.8 Å². The fourth-order valence-corrected chi connectivity index (χ4v) is 7.13. The molecule has 22 heavy (non-hydrogen) atoms. The predicted octanol–water partition coefficient (Wildman–Crippen LogP) is 2.00. The molecule has 4 aliphatic carbocycles. The van der Waals surface area contributed by atoms with Crippen LogP contribution in [0.25, 0.3) is 0 Å². The SMILES string of the molecule is OC12NC34CCCC(CCC3)C4(O)NC13CCCC2CCC3. The lowest BCUT2D eigenvalue weighted by molar-refractivity contribution is -0.298. The number of hydrogen-bond acceptors (Lipinski definition) is 4. The first kappa shape index (κ1) is 14.2. The Morgan fingerprint density at radius 3 is 1.23 bits per heavy atom. The summed E-state index contributed by atoms with van der Waals surface area (Å²) in [6.45, 7) is 0. The van der Waals surface area contributed by atoms with Crippen LogP contribution in [0.4, 0.5) is 0 Å². The van der Waals surface area contributed by atoms with Crippen molar-refractivity contribution in [3.05, 3.63) is 0 Å². The highest BCUT2D eigenvalue weighted by Crippen LogP contribution is 2.59. The molecular weight excluding hydrogens is 276 g/mol. The van der Waals surface area contributed by atoms with Gasteiger partial charge in [-0.25, -0.2) is 0 Å². The summed E-state index contributed by atoms with van der Waals surface area (Å²) in [7, 11) is 0. The van der Waals surface area contributed by atoms with Gasteiger partial charge >= 0.3 is 0 Å². The van der Waals surface area contributed by atoms with E-state index >= 15 is 0 Å². The van der Waals surface area contributed by atoms with E-state index in [9.17, 15) is 10.2 Å². The maximum atomic E-state index is 11.7. The maximum absolute atomic E-state index is 11.7. The Morgan fingerprint density at radius 1 is 0.591 bits per heavy atom. The second-order valence-electron chi connectivity index (χ2n) is 8.91. The third-order valence-corrected chi connectivity index (χ3v) is 8.13. The highest BCUT2D eigenvalue weighted by molar-refractivity contribution is 5.26. The third kappa shape index (κ3) is 1.44. The molecule has 0 spiro atoms. The van der Waals surface area contributed by atoms with Gasteiger partial charge < -0.3 is 10.2 Å². The summed E-state index contributed by atoms with van der Waals surface area (Å²) < 4.78 is 0. The van der Waals surface area contributed by atoms with Crippen molar-refractivity contribution in [1.29, 1.82) is 0 Å². The third-order valence-electron chi connectivity index (χ3n) is 8.13. The fourth-order valence-electron chi connectivity index (χ4n) is 7.13. The van der Waals surface area contributed by atoms with Gasteiger partial charge in [0.1, 0.15) is 11.4 Å². The lowest BCUT2D eigenvalue weighted by Gasteiger charge is -2.72. The molecule has 2 atom stereocenters. The average Bonchev–Trinajstić information content (AvgIpc) is 2.42. The average molecular weight is 306 g/mol. The van der Waals surface area contributed by atoms with Crippen LogP contribution in [0.3, 0.4) is 0 Å². The van der Waals surface area contributed by atoms with Gasteiger partial charge in [0.15, 0.2) is 0 Å². The molecule has 0 aromatic carbocycles. The summed E-state index contributed by atoms with van der Waals surface area (Å²) in [5.41, 5.74) is -2.23. The quantitative estimate of drug-likeness (QED) is 0.553. The van der Waals surface area contributed by atoms with Gasteiger partial charge in [0.2, 0.25) is 0 Å². The van der Waals surface area contributed by atoms with E-state index in [1.807, 2.05) is 0 Å². The lowest BCUT2D eigenvalue weighted by atomic mass is 9.52. The van der Waals surface area contributed by atoms with Crippen molar-refractivity contribution in [2.75, 3.05) is 0 Å². The molecule has 4 nitrogen and oxygen atoms in total. The van der Waals surface area contributed by atoms with E-state index in [2.05, 4.69) is 10.6 Å². The van der Waals surface area contributed by atoms with Crippen LogP contribution in [0.15, 0.2) is 0 Å². The summed E-state index contributed by atoms with van der Waals surface area (Å²) in [5, 5.41) is 31.0. The molecule has 0 amide bonds. The molecule has 0 aromatic rings. The minimum Gasteiger partial charge on any atom is -0.374 e. The molecular formula is C18H30N2O2. The summed E-state index contributed by atoms with van der Waals surface area (Å²) in [4.78, 5) is 0. The lowest BCUT2D eigenvalue weighted by Crippen LogP contribution is -2.93. The van der Waals surface area contributed by atoms with Crippen LogP contribution in [-0.2, 0) is 0 Å². The van der Waals surface area contributed by atoms with Crippen molar-refractivity contribution >= 4 is 0 Å². The van der Waals surface area contributed by atoms with E-state index in [0.717, 1.165) is 51.4 Å². The Bertz CT molecular complexity index is 427. The monoisotopic (exact) mass is 306 g/mol. The minimum atomic E-state index is -0.811. The molecule has 1 heterocycles. The Labute approximate surface area is 133 Å². The van der Waals surface area contributed by atoms with Gasteiger partial charge in [0.25, 0.3) is 0 Å². The zero-order valence-electron chi connectivity index (χ0n) is 13.5. The second-order valence-corrected chi connectivity index (χ2v) is 8.91. The van der Waals surface area contributed by atoms with Crippen molar-refractivity contribution in [3.8, 4) is 0 Å². The highest BCUT2D eigenvalue weighted by atomic mass is 16.3. The van der Waals surface area contributed by atoms with Crippen LogP contribution in [-0.4, -0.2) is 32.7 Å². The van der Waals surface area contributed by atoms with Crippen molar-refractivity contribution in [1.82, 2.24) is 10.6 Å². The molecule has 4 bridgehead atoms. The topological polar surface area (TPSA) is 64.5 Å². The Hall–Kier alpha value is -0.160. The summed E-state index contributed by atoms with van der Waals surface area (Å²) in [6.07, 6.45) is 13.2. The van der Waals surface area contributed by atoms with Crippen molar-refractivity contribution in [3.63, 3.8) is 0 Å². The Morgan fingerprint density at radius 2 is 0.909 bits per heavy atom. The van der Waals surface area contributed by atoms with Gasteiger partial charge in [-0.05, 0) is 51.4 Å². The first-order chi connectivity index (χ1) is 10.5. The zero-order valence-corrected chi connectivity index (χ0v) is 13.5. The first-order valence-electron chi connectivity index (χ1n) is 9.57. The summed E-state index contributed by atoms with van der Waals surface area (Å²) in [5.74, 6) is 0.701. The van der Waals surface area contributed by atoms with E-state index in [-0.39, 0.29) is 11.1 Å². The second kappa shape index (κ2) is 4.27. The molecule has 124 valence electrons. The zero-order chi connectivity index (χ0) is 15.1. The predicted molar refractivity (Wildman–Crippen MR) is 84.0 cm³/mol. The van der Waals surface area contributed by atoms with Crippen molar-refractivity contribution < 1.29 is 10.2 Å². The smallest absolute Gasteiger partial charge is 0.137 e.